The Balaban J connectivity index is 2.06. The first-order valence-corrected chi connectivity index (χ1v) is 6.66. The minimum Gasteiger partial charge on any atom is -0.481 e. The van der Waals surface area contributed by atoms with Crippen LogP contribution in [0.2, 0.25) is 0 Å². The lowest BCUT2D eigenvalue weighted by molar-refractivity contribution is -0.149. The molecular formula is C14H21NO3. The Hall–Kier alpha value is -1.32. The maximum atomic E-state index is 12.4. The van der Waals surface area contributed by atoms with Crippen molar-refractivity contribution in [2.24, 2.45) is 17.8 Å². The van der Waals surface area contributed by atoms with Crippen LogP contribution < -0.4 is 0 Å². The zero-order chi connectivity index (χ0) is 13.3. The predicted molar refractivity (Wildman–Crippen MR) is 68.0 cm³/mol. The van der Waals surface area contributed by atoms with Crippen LogP contribution in [0.15, 0.2) is 11.6 Å². The second-order valence-corrected chi connectivity index (χ2v) is 5.71. The summed E-state index contributed by atoms with van der Waals surface area (Å²) in [6.45, 7) is 5.48. The molecule has 1 saturated carbocycles. The summed E-state index contributed by atoms with van der Waals surface area (Å²) >= 11 is 0. The van der Waals surface area contributed by atoms with Crippen molar-refractivity contribution >= 4 is 11.9 Å². The Bertz CT molecular complexity index is 389. The molecule has 1 amide bonds. The van der Waals surface area contributed by atoms with Crippen LogP contribution in [0.25, 0.3) is 0 Å². The zero-order valence-corrected chi connectivity index (χ0v) is 11.1. The molecular weight excluding hydrogens is 230 g/mol. The standard InChI is InChI=1S/C14H21NO3/c1-9-3-5-15(6-4-9)13(16)11-7-10(2)8-12(11)14(17)18/h3,10-12H,4-8H2,1-2H3,(H,17,18). The largest absolute Gasteiger partial charge is 0.481 e. The molecule has 4 heteroatoms. The van der Waals surface area contributed by atoms with E-state index in [1.807, 2.05) is 11.8 Å². The average molecular weight is 251 g/mol. The minimum atomic E-state index is -0.818. The van der Waals surface area contributed by atoms with Gasteiger partial charge in [-0.1, -0.05) is 18.6 Å². The summed E-state index contributed by atoms with van der Waals surface area (Å²) in [5.74, 6) is -1.25. The highest BCUT2D eigenvalue weighted by atomic mass is 16.4. The first kappa shape index (κ1) is 13.1. The van der Waals surface area contributed by atoms with Crippen LogP contribution in [0.3, 0.4) is 0 Å². The monoisotopic (exact) mass is 251 g/mol. The maximum Gasteiger partial charge on any atom is 0.307 e. The number of hydrogen-bond donors (Lipinski definition) is 1. The fourth-order valence-corrected chi connectivity index (χ4v) is 3.04. The Labute approximate surface area is 108 Å². The second-order valence-electron chi connectivity index (χ2n) is 5.71. The van der Waals surface area contributed by atoms with E-state index in [2.05, 4.69) is 13.0 Å². The fraction of sp³-hybridized carbons (Fsp3) is 0.714. The number of hydrogen-bond acceptors (Lipinski definition) is 2. The Morgan fingerprint density at radius 2 is 2.00 bits per heavy atom. The SMILES string of the molecule is CC1=CCN(C(=O)C2CC(C)CC2C(=O)O)CC1. The van der Waals surface area contributed by atoms with Gasteiger partial charge in [-0.05, 0) is 32.1 Å². The van der Waals surface area contributed by atoms with E-state index in [4.69, 9.17) is 0 Å². The number of carbonyl (C=O) groups excluding carboxylic acids is 1. The zero-order valence-electron chi connectivity index (χ0n) is 11.1. The molecule has 0 saturated heterocycles. The van der Waals surface area contributed by atoms with Crippen molar-refractivity contribution < 1.29 is 14.7 Å². The topological polar surface area (TPSA) is 57.6 Å². The first-order chi connectivity index (χ1) is 8.49. The van der Waals surface area contributed by atoms with Gasteiger partial charge in [0.25, 0.3) is 0 Å². The second kappa shape index (κ2) is 5.12. The molecule has 1 aliphatic heterocycles. The summed E-state index contributed by atoms with van der Waals surface area (Å²) in [5, 5.41) is 9.21. The lowest BCUT2D eigenvalue weighted by atomic mass is 9.94. The summed E-state index contributed by atoms with van der Waals surface area (Å²) in [6.07, 6.45) is 4.32. The average Bonchev–Trinajstić information content (AvgIpc) is 2.71. The van der Waals surface area contributed by atoms with Gasteiger partial charge in [0.05, 0.1) is 11.8 Å². The van der Waals surface area contributed by atoms with Crippen molar-refractivity contribution in [2.45, 2.75) is 33.1 Å². The van der Waals surface area contributed by atoms with Crippen LogP contribution in [-0.2, 0) is 9.59 Å². The first-order valence-electron chi connectivity index (χ1n) is 6.66. The third kappa shape index (κ3) is 2.57. The van der Waals surface area contributed by atoms with Crippen molar-refractivity contribution in [1.29, 1.82) is 0 Å². The van der Waals surface area contributed by atoms with Gasteiger partial charge >= 0.3 is 5.97 Å². The minimum absolute atomic E-state index is 0.0375. The van der Waals surface area contributed by atoms with E-state index in [0.29, 0.717) is 18.9 Å². The number of rotatable bonds is 2. The highest BCUT2D eigenvalue weighted by Crippen LogP contribution is 2.37. The number of carboxylic acids is 1. The molecule has 0 spiro atoms. The van der Waals surface area contributed by atoms with E-state index in [0.717, 1.165) is 19.4 Å². The van der Waals surface area contributed by atoms with Crippen LogP contribution in [0.1, 0.15) is 33.1 Å². The van der Waals surface area contributed by atoms with E-state index < -0.39 is 11.9 Å². The molecule has 18 heavy (non-hydrogen) atoms. The smallest absolute Gasteiger partial charge is 0.307 e. The van der Waals surface area contributed by atoms with E-state index in [-0.39, 0.29) is 11.8 Å². The number of carbonyl (C=O) groups is 2. The maximum absolute atomic E-state index is 12.4. The van der Waals surface area contributed by atoms with E-state index in [1.54, 1.807) is 0 Å². The van der Waals surface area contributed by atoms with Gasteiger partial charge in [-0.25, -0.2) is 0 Å². The third-order valence-electron chi connectivity index (χ3n) is 4.18. The van der Waals surface area contributed by atoms with Gasteiger partial charge in [-0.3, -0.25) is 9.59 Å². The molecule has 100 valence electrons. The lowest BCUT2D eigenvalue weighted by Crippen LogP contribution is -2.41. The Morgan fingerprint density at radius 3 is 2.56 bits per heavy atom. The quantitative estimate of drug-likeness (QED) is 0.763. The van der Waals surface area contributed by atoms with Crippen molar-refractivity contribution in [3.05, 3.63) is 11.6 Å². The number of aliphatic carboxylic acids is 1. The summed E-state index contributed by atoms with van der Waals surface area (Å²) < 4.78 is 0. The van der Waals surface area contributed by atoms with Crippen molar-refractivity contribution in [1.82, 2.24) is 4.90 Å². The van der Waals surface area contributed by atoms with Gasteiger partial charge in [-0.15, -0.1) is 0 Å². The van der Waals surface area contributed by atoms with Gasteiger partial charge < -0.3 is 10.0 Å². The van der Waals surface area contributed by atoms with Crippen LogP contribution >= 0.6 is 0 Å². The van der Waals surface area contributed by atoms with E-state index in [9.17, 15) is 14.7 Å². The lowest BCUT2D eigenvalue weighted by Gasteiger charge is -2.29. The number of amides is 1. The molecule has 1 heterocycles. The van der Waals surface area contributed by atoms with Crippen molar-refractivity contribution in [3.8, 4) is 0 Å². The summed E-state index contributed by atoms with van der Waals surface area (Å²) in [7, 11) is 0. The Morgan fingerprint density at radius 1 is 1.33 bits per heavy atom. The molecule has 0 aromatic carbocycles. The van der Waals surface area contributed by atoms with E-state index >= 15 is 0 Å². The molecule has 2 rings (SSSR count). The highest BCUT2D eigenvalue weighted by molar-refractivity contribution is 5.85. The molecule has 0 aromatic heterocycles. The summed E-state index contributed by atoms with van der Waals surface area (Å²) in [4.78, 5) is 25.4. The van der Waals surface area contributed by atoms with Gasteiger partial charge in [0.2, 0.25) is 5.91 Å². The van der Waals surface area contributed by atoms with E-state index in [1.165, 1.54) is 5.57 Å². The van der Waals surface area contributed by atoms with Crippen LogP contribution in [0.5, 0.6) is 0 Å². The van der Waals surface area contributed by atoms with Gasteiger partial charge in [0.15, 0.2) is 0 Å². The number of carboxylic acid groups (broad SMARTS) is 1. The van der Waals surface area contributed by atoms with Crippen LogP contribution in [0, 0.1) is 17.8 Å². The van der Waals surface area contributed by atoms with Gasteiger partial charge in [0, 0.05) is 13.1 Å². The highest BCUT2D eigenvalue weighted by Gasteiger charge is 2.42. The number of nitrogens with zero attached hydrogens (tertiary/aromatic N) is 1. The molecule has 3 unspecified atom stereocenters. The molecule has 3 atom stereocenters. The molecule has 0 radical (unpaired) electrons. The van der Waals surface area contributed by atoms with Gasteiger partial charge in [-0.2, -0.15) is 0 Å². The molecule has 1 N–H and O–H groups in total. The normalized spacial score (nSPS) is 32.2. The summed E-state index contributed by atoms with van der Waals surface area (Å²) in [6, 6.07) is 0. The van der Waals surface area contributed by atoms with Crippen molar-refractivity contribution in [3.63, 3.8) is 0 Å². The third-order valence-corrected chi connectivity index (χ3v) is 4.18. The molecule has 0 aromatic rings. The van der Waals surface area contributed by atoms with Crippen LogP contribution in [-0.4, -0.2) is 35.0 Å². The van der Waals surface area contributed by atoms with Crippen molar-refractivity contribution in [2.75, 3.05) is 13.1 Å². The molecule has 4 nitrogen and oxygen atoms in total. The fourth-order valence-electron chi connectivity index (χ4n) is 3.04. The molecule has 1 aliphatic carbocycles. The van der Waals surface area contributed by atoms with Gasteiger partial charge in [0.1, 0.15) is 0 Å². The summed E-state index contributed by atoms with van der Waals surface area (Å²) in [5.41, 5.74) is 1.31. The molecule has 2 aliphatic rings. The molecule has 0 bridgehead atoms. The molecule has 1 fully saturated rings. The van der Waals surface area contributed by atoms with Crippen LogP contribution in [0.4, 0.5) is 0 Å². The predicted octanol–water partition coefficient (Wildman–Crippen LogP) is 1.91. The Kier molecular flexibility index (Phi) is 3.73.